The quantitative estimate of drug-likeness (QED) is 0.739. The van der Waals surface area contributed by atoms with Crippen LogP contribution in [0.3, 0.4) is 0 Å². The van der Waals surface area contributed by atoms with Gasteiger partial charge < -0.3 is 9.47 Å². The summed E-state index contributed by atoms with van der Waals surface area (Å²) in [6.45, 7) is 1.40. The maximum Gasteiger partial charge on any atom is 0.330 e. The van der Waals surface area contributed by atoms with Crippen molar-refractivity contribution in [3.8, 4) is 0 Å². The van der Waals surface area contributed by atoms with Gasteiger partial charge in [-0.15, -0.1) is 0 Å². The molecule has 1 N–H and O–H groups in total. The van der Waals surface area contributed by atoms with E-state index in [0.717, 1.165) is 12.8 Å². The Bertz CT molecular complexity index is 677. The van der Waals surface area contributed by atoms with Crippen molar-refractivity contribution in [2.45, 2.75) is 43.4 Å². The van der Waals surface area contributed by atoms with Crippen molar-refractivity contribution in [1.29, 1.82) is 0 Å². The predicted octanol–water partition coefficient (Wildman–Crippen LogP) is 1.32. The Balaban J connectivity index is 1.71. The number of hydrogen-bond acceptors (Lipinski definition) is 6. The van der Waals surface area contributed by atoms with Crippen LogP contribution in [0.2, 0.25) is 0 Å². The Labute approximate surface area is 141 Å². The first kappa shape index (κ1) is 17.2. The third kappa shape index (κ3) is 4.07. The molecule has 0 spiro atoms. The van der Waals surface area contributed by atoms with Crippen LogP contribution in [0.15, 0.2) is 12.4 Å². The number of ether oxygens (including phenoxy) is 2. The molecular formula is C15H23N3O5S. The molecular weight excluding hydrogens is 334 g/mol. The highest BCUT2D eigenvalue weighted by Crippen LogP contribution is 2.30. The number of methoxy groups -OCH3 is 1. The molecule has 134 valence electrons. The average Bonchev–Trinajstić information content (AvgIpc) is 3.35. The SMILES string of the molecule is COC(=O)C(CC1CCOCC1)n1cc(NS(=O)(=O)C2CC2)cn1. The van der Waals surface area contributed by atoms with Crippen LogP contribution in [0.5, 0.6) is 0 Å². The Morgan fingerprint density at radius 2 is 2.12 bits per heavy atom. The third-order valence-corrected chi connectivity index (χ3v) is 6.38. The highest BCUT2D eigenvalue weighted by molar-refractivity contribution is 7.93. The molecule has 1 saturated carbocycles. The van der Waals surface area contributed by atoms with Gasteiger partial charge >= 0.3 is 5.97 Å². The van der Waals surface area contributed by atoms with Crippen LogP contribution in [0.25, 0.3) is 0 Å². The molecule has 1 atom stereocenters. The van der Waals surface area contributed by atoms with E-state index in [0.29, 0.717) is 44.1 Å². The van der Waals surface area contributed by atoms with Gasteiger partial charge in [0.15, 0.2) is 0 Å². The van der Waals surface area contributed by atoms with Crippen molar-refractivity contribution in [1.82, 2.24) is 9.78 Å². The third-order valence-electron chi connectivity index (χ3n) is 4.51. The van der Waals surface area contributed by atoms with Crippen LogP contribution in [0.1, 0.15) is 38.1 Å². The van der Waals surface area contributed by atoms with Gasteiger partial charge in [0.1, 0.15) is 6.04 Å². The summed E-state index contributed by atoms with van der Waals surface area (Å²) in [4.78, 5) is 12.1. The average molecular weight is 357 g/mol. The first-order valence-corrected chi connectivity index (χ1v) is 9.75. The smallest absolute Gasteiger partial charge is 0.330 e. The standard InChI is InChI=1S/C15H23N3O5S/c1-22-15(19)14(8-11-4-6-23-7-5-11)18-10-12(9-16-18)17-24(20,21)13-2-3-13/h9-11,13-14,17H,2-8H2,1H3. The van der Waals surface area contributed by atoms with Gasteiger partial charge in [0.25, 0.3) is 0 Å². The van der Waals surface area contributed by atoms with Crippen LogP contribution < -0.4 is 4.72 Å². The number of sulfonamides is 1. The number of carbonyl (C=O) groups is 1. The maximum absolute atomic E-state index is 12.1. The summed E-state index contributed by atoms with van der Waals surface area (Å²) >= 11 is 0. The molecule has 3 rings (SSSR count). The summed E-state index contributed by atoms with van der Waals surface area (Å²) in [5.74, 6) is -0.0140. The molecule has 1 aliphatic carbocycles. The van der Waals surface area contributed by atoms with Crippen molar-refractivity contribution in [3.05, 3.63) is 12.4 Å². The van der Waals surface area contributed by atoms with Gasteiger partial charge in [-0.05, 0) is 38.0 Å². The molecule has 1 unspecified atom stereocenters. The summed E-state index contributed by atoms with van der Waals surface area (Å²) in [5.41, 5.74) is 0.378. The van der Waals surface area contributed by atoms with E-state index >= 15 is 0 Å². The van der Waals surface area contributed by atoms with E-state index < -0.39 is 16.1 Å². The molecule has 0 radical (unpaired) electrons. The van der Waals surface area contributed by atoms with Crippen LogP contribution in [-0.4, -0.2) is 49.7 Å². The molecule has 0 amide bonds. The number of rotatable bonds is 7. The summed E-state index contributed by atoms with van der Waals surface area (Å²) in [5, 5.41) is 3.87. The zero-order chi connectivity index (χ0) is 17.2. The van der Waals surface area contributed by atoms with E-state index in [1.807, 2.05) is 0 Å². The van der Waals surface area contributed by atoms with Crippen molar-refractivity contribution >= 4 is 21.7 Å². The number of hydrogen-bond donors (Lipinski definition) is 1. The largest absolute Gasteiger partial charge is 0.467 e. The molecule has 24 heavy (non-hydrogen) atoms. The Morgan fingerprint density at radius 1 is 1.42 bits per heavy atom. The van der Waals surface area contributed by atoms with Crippen LogP contribution in [-0.2, 0) is 24.3 Å². The number of aromatic nitrogens is 2. The van der Waals surface area contributed by atoms with Gasteiger partial charge in [0.05, 0.1) is 30.4 Å². The van der Waals surface area contributed by atoms with E-state index in [-0.39, 0.29) is 11.2 Å². The van der Waals surface area contributed by atoms with E-state index in [1.54, 1.807) is 6.20 Å². The van der Waals surface area contributed by atoms with Crippen molar-refractivity contribution in [2.75, 3.05) is 25.0 Å². The van der Waals surface area contributed by atoms with E-state index in [2.05, 4.69) is 9.82 Å². The number of esters is 1. The molecule has 2 heterocycles. The predicted molar refractivity (Wildman–Crippen MR) is 87.0 cm³/mol. The first-order valence-electron chi connectivity index (χ1n) is 8.21. The van der Waals surface area contributed by atoms with Crippen LogP contribution >= 0.6 is 0 Å². The second-order valence-electron chi connectivity index (χ2n) is 6.39. The normalized spacial score (nSPS) is 20.5. The lowest BCUT2D eigenvalue weighted by molar-refractivity contribution is -0.145. The summed E-state index contributed by atoms with van der Waals surface area (Å²) < 4.78 is 38.3. The molecule has 1 aliphatic heterocycles. The van der Waals surface area contributed by atoms with Gasteiger partial charge in [-0.25, -0.2) is 13.2 Å². The highest BCUT2D eigenvalue weighted by atomic mass is 32.2. The molecule has 0 bridgehead atoms. The molecule has 9 heteroatoms. The van der Waals surface area contributed by atoms with E-state index in [1.165, 1.54) is 18.0 Å². The van der Waals surface area contributed by atoms with Crippen molar-refractivity contribution < 1.29 is 22.7 Å². The summed E-state index contributed by atoms with van der Waals surface area (Å²) in [7, 11) is -1.99. The topological polar surface area (TPSA) is 99.5 Å². The van der Waals surface area contributed by atoms with Crippen LogP contribution in [0.4, 0.5) is 5.69 Å². The van der Waals surface area contributed by atoms with Crippen molar-refractivity contribution in [2.24, 2.45) is 5.92 Å². The lowest BCUT2D eigenvalue weighted by atomic mass is 9.92. The second-order valence-corrected chi connectivity index (χ2v) is 8.35. The van der Waals surface area contributed by atoms with Gasteiger partial charge in [-0.3, -0.25) is 9.40 Å². The monoisotopic (exact) mass is 357 g/mol. The maximum atomic E-state index is 12.1. The summed E-state index contributed by atoms with van der Waals surface area (Å²) in [6.07, 6.45) is 6.77. The number of nitrogens with zero attached hydrogens (tertiary/aromatic N) is 2. The van der Waals surface area contributed by atoms with E-state index in [9.17, 15) is 13.2 Å². The minimum Gasteiger partial charge on any atom is -0.467 e. The number of nitrogens with one attached hydrogen (secondary N) is 1. The zero-order valence-corrected chi connectivity index (χ0v) is 14.5. The van der Waals surface area contributed by atoms with Gasteiger partial charge in [0.2, 0.25) is 10.0 Å². The second kappa shape index (κ2) is 7.10. The summed E-state index contributed by atoms with van der Waals surface area (Å²) in [6, 6.07) is -0.558. The van der Waals surface area contributed by atoms with Gasteiger partial charge in [0, 0.05) is 13.2 Å². The zero-order valence-electron chi connectivity index (χ0n) is 13.7. The fraction of sp³-hybridized carbons (Fsp3) is 0.733. The molecule has 1 saturated heterocycles. The Kier molecular flexibility index (Phi) is 5.09. The molecule has 8 nitrogen and oxygen atoms in total. The molecule has 2 fully saturated rings. The van der Waals surface area contributed by atoms with Crippen molar-refractivity contribution in [3.63, 3.8) is 0 Å². The molecule has 1 aromatic rings. The minimum atomic E-state index is -3.34. The lowest BCUT2D eigenvalue weighted by Gasteiger charge is -2.25. The fourth-order valence-corrected chi connectivity index (χ4v) is 4.29. The fourth-order valence-electron chi connectivity index (χ4n) is 2.93. The van der Waals surface area contributed by atoms with Crippen LogP contribution in [0, 0.1) is 5.92 Å². The Morgan fingerprint density at radius 3 is 2.75 bits per heavy atom. The molecule has 1 aromatic heterocycles. The number of carbonyl (C=O) groups excluding carboxylic acids is 1. The Hall–Kier alpha value is -1.61. The highest BCUT2D eigenvalue weighted by Gasteiger charge is 2.36. The molecule has 2 aliphatic rings. The van der Waals surface area contributed by atoms with E-state index in [4.69, 9.17) is 9.47 Å². The minimum absolute atomic E-state index is 0.306. The lowest BCUT2D eigenvalue weighted by Crippen LogP contribution is -2.26. The van der Waals surface area contributed by atoms with Gasteiger partial charge in [-0.2, -0.15) is 5.10 Å². The number of anilines is 1. The first-order chi connectivity index (χ1) is 11.5. The van der Waals surface area contributed by atoms with Gasteiger partial charge in [-0.1, -0.05) is 0 Å². The molecule has 0 aromatic carbocycles.